The minimum atomic E-state index is -0.770. The highest BCUT2D eigenvalue weighted by Gasteiger charge is 2.19. The molecule has 0 radical (unpaired) electrons. The molecule has 0 spiro atoms. The van der Waals surface area contributed by atoms with Gasteiger partial charge < -0.3 is 23.9 Å². The number of ether oxygens (including phenoxy) is 3. The van der Waals surface area contributed by atoms with Crippen LogP contribution in [0.1, 0.15) is 28.8 Å². The van der Waals surface area contributed by atoms with Gasteiger partial charge in [0.05, 0.1) is 6.10 Å². The normalized spacial score (nSPS) is 15.5. The summed E-state index contributed by atoms with van der Waals surface area (Å²) in [5.74, 6) is -0.311. The SMILES string of the molecule is Cc1ccccc1OCC(=O)Oc1ccc2cc(C(=O)NCC3CCCO3)c(=O)oc2c1. The second-order valence-corrected chi connectivity index (χ2v) is 7.52. The number of amides is 1. The first-order valence-electron chi connectivity index (χ1n) is 10.4. The molecule has 32 heavy (non-hydrogen) atoms. The molecule has 0 saturated carbocycles. The molecular weight excluding hydrogens is 414 g/mol. The fourth-order valence-corrected chi connectivity index (χ4v) is 3.44. The molecule has 0 aliphatic carbocycles. The largest absolute Gasteiger partial charge is 0.482 e. The van der Waals surface area contributed by atoms with E-state index >= 15 is 0 Å². The van der Waals surface area contributed by atoms with Gasteiger partial charge in [0.25, 0.3) is 5.91 Å². The van der Waals surface area contributed by atoms with E-state index < -0.39 is 17.5 Å². The second-order valence-electron chi connectivity index (χ2n) is 7.52. The predicted octanol–water partition coefficient (Wildman–Crippen LogP) is 2.99. The summed E-state index contributed by atoms with van der Waals surface area (Å²) in [4.78, 5) is 36.8. The van der Waals surface area contributed by atoms with E-state index in [0.29, 0.717) is 24.3 Å². The van der Waals surface area contributed by atoms with Crippen LogP contribution in [0.15, 0.2) is 57.7 Å². The van der Waals surface area contributed by atoms with Gasteiger partial charge in [0.1, 0.15) is 22.6 Å². The minimum Gasteiger partial charge on any atom is -0.482 e. The number of fused-ring (bicyclic) bond motifs is 1. The Balaban J connectivity index is 1.40. The highest BCUT2D eigenvalue weighted by molar-refractivity contribution is 5.96. The molecule has 1 amide bonds. The number of esters is 1. The number of aryl methyl sites for hydroxylation is 1. The van der Waals surface area contributed by atoms with Crippen molar-refractivity contribution in [2.24, 2.45) is 0 Å². The number of nitrogens with one attached hydrogen (secondary N) is 1. The van der Waals surface area contributed by atoms with Gasteiger partial charge in [0.15, 0.2) is 6.61 Å². The zero-order chi connectivity index (χ0) is 22.5. The van der Waals surface area contributed by atoms with Gasteiger partial charge in [-0.2, -0.15) is 0 Å². The lowest BCUT2D eigenvalue weighted by atomic mass is 10.1. The van der Waals surface area contributed by atoms with Crippen molar-refractivity contribution < 1.29 is 28.2 Å². The van der Waals surface area contributed by atoms with E-state index in [9.17, 15) is 14.4 Å². The van der Waals surface area contributed by atoms with Crippen LogP contribution in [0.25, 0.3) is 11.0 Å². The lowest BCUT2D eigenvalue weighted by Gasteiger charge is -2.11. The Morgan fingerprint density at radius 1 is 1.16 bits per heavy atom. The summed E-state index contributed by atoms with van der Waals surface area (Å²) in [7, 11) is 0. The third-order valence-electron chi connectivity index (χ3n) is 5.14. The van der Waals surface area contributed by atoms with Gasteiger partial charge in [-0.3, -0.25) is 4.79 Å². The fourth-order valence-electron chi connectivity index (χ4n) is 3.44. The van der Waals surface area contributed by atoms with Gasteiger partial charge in [0, 0.05) is 24.6 Å². The number of benzene rings is 2. The molecule has 8 nitrogen and oxygen atoms in total. The second kappa shape index (κ2) is 9.65. The Kier molecular flexibility index (Phi) is 6.51. The van der Waals surface area contributed by atoms with Crippen LogP contribution in [-0.2, 0) is 9.53 Å². The first kappa shape index (κ1) is 21.6. The molecule has 2 aromatic carbocycles. The Morgan fingerprint density at radius 2 is 2.00 bits per heavy atom. The zero-order valence-electron chi connectivity index (χ0n) is 17.6. The smallest absolute Gasteiger partial charge is 0.349 e. The molecule has 1 aliphatic rings. The molecule has 1 aliphatic heterocycles. The minimum absolute atomic E-state index is 0.0292. The molecule has 4 rings (SSSR count). The van der Waals surface area contributed by atoms with Crippen LogP contribution in [0.2, 0.25) is 0 Å². The molecule has 1 unspecified atom stereocenters. The van der Waals surface area contributed by atoms with Gasteiger partial charge >= 0.3 is 11.6 Å². The summed E-state index contributed by atoms with van der Waals surface area (Å²) in [5.41, 5.74) is 0.250. The summed E-state index contributed by atoms with van der Waals surface area (Å²) in [6.45, 7) is 2.64. The molecule has 1 atom stereocenters. The van der Waals surface area contributed by atoms with Crippen molar-refractivity contribution in [3.8, 4) is 11.5 Å². The highest BCUT2D eigenvalue weighted by Crippen LogP contribution is 2.21. The van der Waals surface area contributed by atoms with Crippen LogP contribution in [0, 0.1) is 6.92 Å². The van der Waals surface area contributed by atoms with Gasteiger partial charge in [-0.15, -0.1) is 0 Å². The van der Waals surface area contributed by atoms with Crippen LogP contribution in [0.5, 0.6) is 11.5 Å². The Bertz CT molecular complexity index is 1190. The van der Waals surface area contributed by atoms with E-state index in [0.717, 1.165) is 18.4 Å². The third-order valence-corrected chi connectivity index (χ3v) is 5.14. The highest BCUT2D eigenvalue weighted by atomic mass is 16.6. The first-order valence-corrected chi connectivity index (χ1v) is 10.4. The number of hydrogen-bond donors (Lipinski definition) is 1. The van der Waals surface area contributed by atoms with Crippen molar-refractivity contribution >= 4 is 22.8 Å². The van der Waals surface area contributed by atoms with Gasteiger partial charge in [-0.05, 0) is 49.6 Å². The van der Waals surface area contributed by atoms with E-state index in [1.54, 1.807) is 18.2 Å². The van der Waals surface area contributed by atoms with E-state index in [1.165, 1.54) is 12.1 Å². The zero-order valence-corrected chi connectivity index (χ0v) is 17.6. The molecule has 1 aromatic heterocycles. The molecule has 2 heterocycles. The number of carbonyl (C=O) groups excluding carboxylic acids is 2. The van der Waals surface area contributed by atoms with Gasteiger partial charge in [0.2, 0.25) is 0 Å². The summed E-state index contributed by atoms with van der Waals surface area (Å²) < 4.78 is 21.5. The molecule has 1 saturated heterocycles. The Morgan fingerprint density at radius 3 is 2.78 bits per heavy atom. The summed E-state index contributed by atoms with van der Waals surface area (Å²) in [6.07, 6.45) is 1.81. The topological polar surface area (TPSA) is 104 Å². The van der Waals surface area contributed by atoms with Crippen molar-refractivity contribution in [3.63, 3.8) is 0 Å². The molecule has 8 heteroatoms. The summed E-state index contributed by atoms with van der Waals surface area (Å²) >= 11 is 0. The molecule has 3 aromatic rings. The van der Waals surface area contributed by atoms with Gasteiger partial charge in [-0.25, -0.2) is 9.59 Å². The van der Waals surface area contributed by atoms with Crippen molar-refractivity contribution in [2.75, 3.05) is 19.8 Å². The number of rotatable bonds is 7. The summed E-state index contributed by atoms with van der Waals surface area (Å²) in [6, 6.07) is 13.4. The van der Waals surface area contributed by atoms with Crippen LogP contribution in [0.3, 0.4) is 0 Å². The number of carbonyl (C=O) groups is 2. The van der Waals surface area contributed by atoms with Crippen LogP contribution >= 0.6 is 0 Å². The summed E-state index contributed by atoms with van der Waals surface area (Å²) in [5, 5.41) is 3.24. The quantitative estimate of drug-likeness (QED) is 0.344. The number of hydrogen-bond acceptors (Lipinski definition) is 7. The monoisotopic (exact) mass is 437 g/mol. The molecule has 166 valence electrons. The van der Waals surface area contributed by atoms with Crippen LogP contribution < -0.4 is 20.4 Å². The van der Waals surface area contributed by atoms with Crippen molar-refractivity contribution in [3.05, 3.63) is 70.1 Å². The average molecular weight is 437 g/mol. The maximum absolute atomic E-state index is 12.4. The predicted molar refractivity (Wildman–Crippen MR) is 116 cm³/mol. The van der Waals surface area contributed by atoms with Crippen LogP contribution in [0.4, 0.5) is 0 Å². The lowest BCUT2D eigenvalue weighted by Crippen LogP contribution is -2.34. The van der Waals surface area contributed by atoms with E-state index in [-0.39, 0.29) is 29.6 Å². The van der Waals surface area contributed by atoms with Gasteiger partial charge in [-0.1, -0.05) is 18.2 Å². The standard InChI is InChI=1S/C24H23NO7/c1-15-5-2-3-7-20(15)30-14-22(26)31-17-9-8-16-11-19(24(28)32-21(16)12-17)23(27)25-13-18-6-4-10-29-18/h2-3,5,7-9,11-12,18H,4,6,10,13-14H2,1H3,(H,25,27). The maximum Gasteiger partial charge on any atom is 0.349 e. The number of para-hydroxylation sites is 1. The van der Waals surface area contributed by atoms with Crippen molar-refractivity contribution in [2.45, 2.75) is 25.9 Å². The van der Waals surface area contributed by atoms with E-state index in [2.05, 4.69) is 5.32 Å². The lowest BCUT2D eigenvalue weighted by molar-refractivity contribution is -0.136. The van der Waals surface area contributed by atoms with E-state index in [4.69, 9.17) is 18.6 Å². The third kappa shape index (κ3) is 5.15. The molecule has 1 fully saturated rings. The Hall–Kier alpha value is -3.65. The Labute approximate surface area is 184 Å². The molecule has 0 bridgehead atoms. The fraction of sp³-hybridized carbons (Fsp3) is 0.292. The van der Waals surface area contributed by atoms with E-state index in [1.807, 2.05) is 25.1 Å². The van der Waals surface area contributed by atoms with Crippen LogP contribution in [-0.4, -0.2) is 37.7 Å². The van der Waals surface area contributed by atoms with Crippen molar-refractivity contribution in [1.82, 2.24) is 5.32 Å². The molecular formula is C24H23NO7. The first-order chi connectivity index (χ1) is 15.5. The average Bonchev–Trinajstić information content (AvgIpc) is 3.30. The maximum atomic E-state index is 12.4. The van der Waals surface area contributed by atoms with Crippen molar-refractivity contribution in [1.29, 1.82) is 0 Å². The molecule has 1 N–H and O–H groups in total.